The van der Waals surface area contributed by atoms with Crippen molar-refractivity contribution in [3.05, 3.63) is 0 Å². The zero-order valence-corrected chi connectivity index (χ0v) is 4.75. The van der Waals surface area contributed by atoms with E-state index >= 15 is 0 Å². The van der Waals surface area contributed by atoms with E-state index in [0.717, 1.165) is 0 Å². The van der Waals surface area contributed by atoms with E-state index in [1.54, 1.807) is 0 Å². The summed E-state index contributed by atoms with van der Waals surface area (Å²) in [5.41, 5.74) is 0. The number of rotatable bonds is 0. The van der Waals surface area contributed by atoms with E-state index < -0.39 is 0 Å². The summed E-state index contributed by atoms with van der Waals surface area (Å²) in [4.78, 5) is 0. The van der Waals surface area contributed by atoms with Crippen LogP contribution in [-0.4, -0.2) is 58.1 Å². The molecule has 0 spiro atoms. The van der Waals surface area contributed by atoms with Crippen molar-refractivity contribution in [3.8, 4) is 0 Å². The van der Waals surface area contributed by atoms with E-state index in [1.807, 2.05) is 0 Å². The fourth-order valence-corrected chi connectivity index (χ4v) is 0. The molecule has 0 aliphatic heterocycles. The van der Waals surface area contributed by atoms with Crippen LogP contribution in [0.25, 0.3) is 0 Å². The molecule has 0 radical (unpaired) electrons. The molecule has 0 rings (SSSR count). The molecule has 0 aromatic heterocycles. The van der Waals surface area contributed by atoms with Crippen molar-refractivity contribution in [1.29, 1.82) is 0 Å². The minimum atomic E-state index is 0. The second-order valence-corrected chi connectivity index (χ2v) is 0. The van der Waals surface area contributed by atoms with Gasteiger partial charge in [-0.05, 0) is 0 Å². The second kappa shape index (κ2) is 18.9. The van der Waals surface area contributed by atoms with Crippen molar-refractivity contribution >= 4 is 52.6 Å². The van der Waals surface area contributed by atoms with Gasteiger partial charge in [0.1, 0.15) is 0 Å². The maximum atomic E-state index is 0. The van der Waals surface area contributed by atoms with Crippen LogP contribution in [0.4, 0.5) is 0 Å². The summed E-state index contributed by atoms with van der Waals surface area (Å²) in [5.74, 6) is 0. The van der Waals surface area contributed by atoms with E-state index in [-0.39, 0.29) is 74.6 Å². The van der Waals surface area contributed by atoms with Crippen molar-refractivity contribution in [3.63, 3.8) is 0 Å². The summed E-state index contributed by atoms with van der Waals surface area (Å²) in [5, 5.41) is 0. The van der Waals surface area contributed by atoms with E-state index in [1.165, 1.54) is 0 Å². The second-order valence-electron chi connectivity index (χ2n) is 0. The van der Waals surface area contributed by atoms with Gasteiger partial charge >= 0.3 is 52.6 Å². The molecule has 1 nitrogen and oxygen atoms in total. The first-order chi connectivity index (χ1) is 0. The minimum Gasteiger partial charge on any atom is -0.870 e. The van der Waals surface area contributed by atoms with Gasteiger partial charge in [0.15, 0.2) is 0 Å². The largest absolute Gasteiger partial charge is 0.870 e. The SMILES string of the molecule is [MgH+].[NaH].[Ni].[OH-]. The van der Waals surface area contributed by atoms with Crippen LogP contribution in [0.3, 0.4) is 0 Å². The Kier molecular flexibility index (Phi) is 162. The van der Waals surface area contributed by atoms with Gasteiger partial charge in [0.25, 0.3) is 0 Å². The molecular weight excluding hydrogens is 122 g/mol. The first kappa shape index (κ1) is 34.4. The zero-order chi connectivity index (χ0) is 0. The third kappa shape index (κ3) is 8.88. The Morgan fingerprint density at radius 1 is 1.00 bits per heavy atom. The van der Waals surface area contributed by atoms with Crippen LogP contribution in [0.15, 0.2) is 0 Å². The Hall–Kier alpha value is 2.22. The Morgan fingerprint density at radius 3 is 1.00 bits per heavy atom. The van der Waals surface area contributed by atoms with Crippen LogP contribution >= 0.6 is 0 Å². The predicted molar refractivity (Wildman–Crippen MR) is 16.2 cm³/mol. The summed E-state index contributed by atoms with van der Waals surface area (Å²) in [6, 6.07) is 0. The van der Waals surface area contributed by atoms with E-state index in [0.29, 0.717) is 0 Å². The number of hydrogen-bond acceptors (Lipinski definition) is 1. The first-order valence-electron chi connectivity index (χ1n) is 0. The third-order valence-corrected chi connectivity index (χ3v) is 0. The fraction of sp³-hybridized carbons (Fsp3) is 0. The van der Waals surface area contributed by atoms with Crippen LogP contribution < -0.4 is 0 Å². The minimum absolute atomic E-state index is 0. The third-order valence-electron chi connectivity index (χ3n) is 0. The summed E-state index contributed by atoms with van der Waals surface area (Å²) in [6.07, 6.45) is 0. The Morgan fingerprint density at radius 2 is 1.00 bits per heavy atom. The van der Waals surface area contributed by atoms with Gasteiger partial charge in [-0.15, -0.1) is 0 Å². The van der Waals surface area contributed by atoms with Crippen LogP contribution in [0.5, 0.6) is 0 Å². The molecule has 0 fully saturated rings. The molecule has 0 heterocycles. The molecule has 0 bridgehead atoms. The average Bonchev–Trinajstić information content (AvgIpc) is 0. The van der Waals surface area contributed by atoms with Gasteiger partial charge in [-0.25, -0.2) is 0 Å². The molecule has 0 aliphatic carbocycles. The van der Waals surface area contributed by atoms with E-state index in [9.17, 15) is 0 Å². The molecule has 0 atom stereocenters. The average molecular weight is 125 g/mol. The van der Waals surface area contributed by atoms with Gasteiger partial charge in [-0.2, -0.15) is 0 Å². The van der Waals surface area contributed by atoms with Gasteiger partial charge in [0.2, 0.25) is 0 Å². The van der Waals surface area contributed by atoms with Gasteiger partial charge in [-0.3, -0.25) is 0 Å². The Balaban J connectivity index is 0. The molecule has 0 unspecified atom stereocenters. The first-order valence-corrected chi connectivity index (χ1v) is 0. The summed E-state index contributed by atoms with van der Waals surface area (Å²) < 4.78 is 0. The maximum Gasteiger partial charge on any atom is 0 e. The van der Waals surface area contributed by atoms with Crippen LogP contribution in [-0.2, 0) is 16.5 Å². The quantitative estimate of drug-likeness (QED) is 0.363. The number of hydrogen-bond donors (Lipinski definition) is 0. The van der Waals surface area contributed by atoms with Gasteiger partial charge in [0.05, 0.1) is 0 Å². The maximum absolute atomic E-state index is 0. The molecule has 1 N–H and O–H groups in total. The van der Waals surface area contributed by atoms with Gasteiger partial charge < -0.3 is 5.48 Å². The molecule has 0 aromatic carbocycles. The topological polar surface area (TPSA) is 30.0 Å². The van der Waals surface area contributed by atoms with Crippen LogP contribution in [0.1, 0.15) is 0 Å². The monoisotopic (exact) mass is 124 g/mol. The van der Waals surface area contributed by atoms with E-state index in [2.05, 4.69) is 0 Å². The zero-order valence-electron chi connectivity index (χ0n) is 1.76. The van der Waals surface area contributed by atoms with Crippen molar-refractivity contribution in [2.75, 3.05) is 0 Å². The molecule has 0 saturated heterocycles. The molecular formula is H3MgNaNiO. The normalized spacial score (nSPS) is 0. The molecule has 0 aliphatic rings. The standard InChI is InChI=1S/Mg.Na.Ni.H2O.2H/h;;;1H2;;/q+1;;;;;/p-1. The predicted octanol–water partition coefficient (Wildman–Crippen LogP) is -1.48. The van der Waals surface area contributed by atoms with Gasteiger partial charge in [-0.1, -0.05) is 0 Å². The van der Waals surface area contributed by atoms with Gasteiger partial charge in [0, 0.05) is 16.5 Å². The van der Waals surface area contributed by atoms with Crippen molar-refractivity contribution in [2.45, 2.75) is 0 Å². The smallest absolute Gasteiger partial charge is 0 e. The Labute approximate surface area is 73.6 Å². The summed E-state index contributed by atoms with van der Waals surface area (Å²) in [6.45, 7) is 0. The van der Waals surface area contributed by atoms with Crippen LogP contribution in [0.2, 0.25) is 0 Å². The summed E-state index contributed by atoms with van der Waals surface area (Å²) in [7, 11) is 0. The molecule has 0 amide bonds. The Bertz CT molecular complexity index is 8.00. The van der Waals surface area contributed by atoms with Crippen molar-refractivity contribution < 1.29 is 22.0 Å². The molecule has 4 heteroatoms. The molecule has 0 aromatic rings. The molecule has 4 heavy (non-hydrogen) atoms. The molecule has 0 saturated carbocycles. The summed E-state index contributed by atoms with van der Waals surface area (Å²) >= 11 is 0. The molecule has 22 valence electrons. The van der Waals surface area contributed by atoms with Crippen molar-refractivity contribution in [1.82, 2.24) is 0 Å². The van der Waals surface area contributed by atoms with Crippen LogP contribution in [0, 0.1) is 0 Å². The fourth-order valence-electron chi connectivity index (χ4n) is 0. The van der Waals surface area contributed by atoms with E-state index in [4.69, 9.17) is 0 Å². The van der Waals surface area contributed by atoms with Crippen molar-refractivity contribution in [2.24, 2.45) is 0 Å².